The summed E-state index contributed by atoms with van der Waals surface area (Å²) in [5.41, 5.74) is 2.62. The molecule has 1 amide bonds. The van der Waals surface area contributed by atoms with E-state index in [-0.39, 0.29) is 5.91 Å². The minimum atomic E-state index is 0.0239. The SMILES string of the molecule is CCc1ccccc1NC(=O)CN1CCN(c2ccc(C#N)cn2)CC1. The van der Waals surface area contributed by atoms with Gasteiger partial charge < -0.3 is 10.2 Å². The molecule has 1 aromatic carbocycles. The van der Waals surface area contributed by atoms with Crippen molar-refractivity contribution in [2.75, 3.05) is 42.9 Å². The van der Waals surface area contributed by atoms with Crippen LogP contribution in [0.5, 0.6) is 0 Å². The average molecular weight is 349 g/mol. The van der Waals surface area contributed by atoms with Crippen LogP contribution in [0.3, 0.4) is 0 Å². The topological polar surface area (TPSA) is 72.3 Å². The Morgan fingerprint density at radius 1 is 1.19 bits per heavy atom. The highest BCUT2D eigenvalue weighted by atomic mass is 16.2. The number of piperazine rings is 1. The Bertz CT molecular complexity index is 789. The van der Waals surface area contributed by atoms with E-state index in [1.54, 1.807) is 12.3 Å². The summed E-state index contributed by atoms with van der Waals surface area (Å²) in [7, 11) is 0. The molecule has 1 N–H and O–H groups in total. The molecule has 2 heterocycles. The highest BCUT2D eigenvalue weighted by Gasteiger charge is 2.20. The first-order valence-electron chi connectivity index (χ1n) is 8.91. The van der Waals surface area contributed by atoms with Gasteiger partial charge in [-0.25, -0.2) is 4.98 Å². The van der Waals surface area contributed by atoms with E-state index in [2.05, 4.69) is 33.1 Å². The zero-order valence-electron chi connectivity index (χ0n) is 15.0. The van der Waals surface area contributed by atoms with Crippen LogP contribution in [-0.2, 0) is 11.2 Å². The quantitative estimate of drug-likeness (QED) is 0.896. The minimum Gasteiger partial charge on any atom is -0.354 e. The van der Waals surface area contributed by atoms with Crippen LogP contribution < -0.4 is 10.2 Å². The standard InChI is InChI=1S/C20H23N5O/c1-2-17-5-3-4-6-18(17)23-20(26)15-24-9-11-25(12-10-24)19-8-7-16(13-21)14-22-19/h3-8,14H,2,9-12,15H2,1H3,(H,23,26). The van der Waals surface area contributed by atoms with Gasteiger partial charge in [0.05, 0.1) is 12.1 Å². The summed E-state index contributed by atoms with van der Waals surface area (Å²) >= 11 is 0. The number of pyridine rings is 1. The number of hydrogen-bond acceptors (Lipinski definition) is 5. The maximum atomic E-state index is 12.4. The molecule has 134 valence electrons. The second-order valence-corrected chi connectivity index (χ2v) is 6.34. The Labute approximate surface area is 154 Å². The van der Waals surface area contributed by atoms with Crippen molar-refractivity contribution in [1.29, 1.82) is 5.26 Å². The lowest BCUT2D eigenvalue weighted by Gasteiger charge is -2.35. The Morgan fingerprint density at radius 3 is 2.62 bits per heavy atom. The fourth-order valence-electron chi connectivity index (χ4n) is 3.12. The van der Waals surface area contributed by atoms with Crippen molar-refractivity contribution < 1.29 is 4.79 Å². The van der Waals surface area contributed by atoms with Gasteiger partial charge in [-0.1, -0.05) is 25.1 Å². The predicted octanol–water partition coefficient (Wildman–Crippen LogP) is 2.28. The van der Waals surface area contributed by atoms with Crippen molar-refractivity contribution >= 4 is 17.4 Å². The van der Waals surface area contributed by atoms with Crippen LogP contribution in [0, 0.1) is 11.3 Å². The van der Waals surface area contributed by atoms with Crippen LogP contribution in [-0.4, -0.2) is 48.5 Å². The number of carbonyl (C=O) groups excluding carboxylic acids is 1. The molecule has 1 aromatic heterocycles. The lowest BCUT2D eigenvalue weighted by Crippen LogP contribution is -2.49. The molecular formula is C20H23N5O. The molecule has 0 atom stereocenters. The highest BCUT2D eigenvalue weighted by Crippen LogP contribution is 2.16. The number of rotatable bonds is 5. The largest absolute Gasteiger partial charge is 0.354 e. The second-order valence-electron chi connectivity index (χ2n) is 6.34. The summed E-state index contributed by atoms with van der Waals surface area (Å²) < 4.78 is 0. The molecule has 0 saturated carbocycles. The van der Waals surface area contributed by atoms with Crippen molar-refractivity contribution in [3.8, 4) is 6.07 Å². The summed E-state index contributed by atoms with van der Waals surface area (Å²) in [6.07, 6.45) is 2.49. The third-order valence-electron chi connectivity index (χ3n) is 4.61. The summed E-state index contributed by atoms with van der Waals surface area (Å²) in [5, 5.41) is 11.9. The van der Waals surface area contributed by atoms with Crippen LogP contribution in [0.25, 0.3) is 0 Å². The molecule has 6 heteroatoms. The number of aromatic nitrogens is 1. The van der Waals surface area contributed by atoms with Gasteiger partial charge in [-0.3, -0.25) is 9.69 Å². The van der Waals surface area contributed by atoms with E-state index in [1.807, 2.05) is 30.3 Å². The summed E-state index contributed by atoms with van der Waals surface area (Å²) in [6, 6.07) is 13.7. The molecule has 1 aliphatic rings. The molecule has 3 rings (SSSR count). The van der Waals surface area contributed by atoms with E-state index in [1.165, 1.54) is 0 Å². The summed E-state index contributed by atoms with van der Waals surface area (Å²) in [5.74, 6) is 0.904. The van der Waals surface area contributed by atoms with Gasteiger partial charge >= 0.3 is 0 Å². The van der Waals surface area contributed by atoms with Gasteiger partial charge in [-0.15, -0.1) is 0 Å². The molecule has 6 nitrogen and oxygen atoms in total. The Morgan fingerprint density at radius 2 is 1.96 bits per heavy atom. The molecule has 1 aliphatic heterocycles. The maximum Gasteiger partial charge on any atom is 0.238 e. The number of benzene rings is 1. The number of hydrogen-bond donors (Lipinski definition) is 1. The number of para-hydroxylation sites is 1. The molecule has 0 bridgehead atoms. The van der Waals surface area contributed by atoms with Crippen LogP contribution in [0.1, 0.15) is 18.1 Å². The lowest BCUT2D eigenvalue weighted by molar-refractivity contribution is -0.117. The van der Waals surface area contributed by atoms with E-state index >= 15 is 0 Å². The maximum absolute atomic E-state index is 12.4. The third-order valence-corrected chi connectivity index (χ3v) is 4.61. The number of carbonyl (C=O) groups is 1. The first kappa shape index (κ1) is 17.9. The van der Waals surface area contributed by atoms with Crippen LogP contribution in [0.4, 0.5) is 11.5 Å². The minimum absolute atomic E-state index is 0.0239. The Hall–Kier alpha value is -2.91. The molecule has 0 spiro atoms. The van der Waals surface area contributed by atoms with Gasteiger partial charge in [-0.2, -0.15) is 5.26 Å². The second kappa shape index (κ2) is 8.45. The zero-order valence-corrected chi connectivity index (χ0v) is 15.0. The van der Waals surface area contributed by atoms with Gasteiger partial charge in [0.25, 0.3) is 0 Å². The molecular weight excluding hydrogens is 326 g/mol. The van der Waals surface area contributed by atoms with Gasteiger partial charge in [0.1, 0.15) is 11.9 Å². The molecule has 2 aromatic rings. The van der Waals surface area contributed by atoms with E-state index in [0.29, 0.717) is 12.1 Å². The van der Waals surface area contributed by atoms with Crippen molar-refractivity contribution in [2.24, 2.45) is 0 Å². The van der Waals surface area contributed by atoms with Gasteiger partial charge in [0, 0.05) is 38.1 Å². The summed E-state index contributed by atoms with van der Waals surface area (Å²) in [6.45, 7) is 5.73. The number of nitriles is 1. The smallest absolute Gasteiger partial charge is 0.238 e. The first-order chi connectivity index (χ1) is 12.7. The lowest BCUT2D eigenvalue weighted by atomic mass is 10.1. The van der Waals surface area contributed by atoms with E-state index < -0.39 is 0 Å². The zero-order chi connectivity index (χ0) is 18.4. The number of anilines is 2. The Kier molecular flexibility index (Phi) is 5.82. The average Bonchev–Trinajstić information content (AvgIpc) is 2.69. The number of nitrogens with zero attached hydrogens (tertiary/aromatic N) is 4. The van der Waals surface area contributed by atoms with Gasteiger partial charge in [0.2, 0.25) is 5.91 Å². The monoisotopic (exact) mass is 349 g/mol. The van der Waals surface area contributed by atoms with Crippen LogP contribution >= 0.6 is 0 Å². The number of amides is 1. The molecule has 0 radical (unpaired) electrons. The fourth-order valence-corrected chi connectivity index (χ4v) is 3.12. The first-order valence-corrected chi connectivity index (χ1v) is 8.91. The fraction of sp³-hybridized carbons (Fsp3) is 0.350. The van der Waals surface area contributed by atoms with Crippen molar-refractivity contribution in [3.05, 3.63) is 53.7 Å². The van der Waals surface area contributed by atoms with Crippen molar-refractivity contribution in [3.63, 3.8) is 0 Å². The molecule has 1 saturated heterocycles. The molecule has 0 aliphatic carbocycles. The van der Waals surface area contributed by atoms with E-state index in [0.717, 1.165) is 49.7 Å². The Balaban J connectivity index is 1.50. The van der Waals surface area contributed by atoms with Crippen molar-refractivity contribution in [2.45, 2.75) is 13.3 Å². The van der Waals surface area contributed by atoms with Crippen LogP contribution in [0.2, 0.25) is 0 Å². The predicted molar refractivity (Wildman–Crippen MR) is 102 cm³/mol. The number of aryl methyl sites for hydroxylation is 1. The number of nitrogens with one attached hydrogen (secondary N) is 1. The normalized spacial score (nSPS) is 14.7. The molecule has 0 unspecified atom stereocenters. The van der Waals surface area contributed by atoms with Crippen LogP contribution in [0.15, 0.2) is 42.6 Å². The summed E-state index contributed by atoms with van der Waals surface area (Å²) in [4.78, 5) is 21.0. The van der Waals surface area contributed by atoms with E-state index in [4.69, 9.17) is 5.26 Å². The highest BCUT2D eigenvalue weighted by molar-refractivity contribution is 5.93. The molecule has 1 fully saturated rings. The van der Waals surface area contributed by atoms with Crippen molar-refractivity contribution in [1.82, 2.24) is 9.88 Å². The third kappa shape index (κ3) is 4.38. The van der Waals surface area contributed by atoms with E-state index in [9.17, 15) is 4.79 Å². The van der Waals surface area contributed by atoms with Gasteiger partial charge in [0.15, 0.2) is 0 Å². The molecule has 26 heavy (non-hydrogen) atoms. The van der Waals surface area contributed by atoms with Gasteiger partial charge in [-0.05, 0) is 30.2 Å².